The van der Waals surface area contributed by atoms with Crippen molar-refractivity contribution in [3.8, 4) is 11.5 Å². The molecule has 0 fully saturated rings. The number of halogens is 1. The molecule has 0 bridgehead atoms. The average molecular weight is 274 g/mol. The molecule has 0 aliphatic carbocycles. The molecule has 1 atom stereocenters. The molecule has 3 N–H and O–H groups in total. The molecule has 0 spiro atoms. The molecule has 82 valence electrons. The maximum absolute atomic E-state index is 9.00. The van der Waals surface area contributed by atoms with Gasteiger partial charge in [0.05, 0.1) is 12.6 Å². The van der Waals surface area contributed by atoms with E-state index in [-0.39, 0.29) is 6.61 Å². The topological polar surface area (TPSA) is 64.7 Å². The van der Waals surface area contributed by atoms with Crippen molar-refractivity contribution in [2.75, 3.05) is 19.8 Å². The number of fused-ring (bicyclic) bond motifs is 1. The van der Waals surface area contributed by atoms with E-state index in [4.69, 9.17) is 20.3 Å². The highest BCUT2D eigenvalue weighted by molar-refractivity contribution is 9.10. The smallest absolute Gasteiger partial charge is 0.162 e. The third-order valence-corrected chi connectivity index (χ3v) is 2.94. The van der Waals surface area contributed by atoms with Crippen LogP contribution in [0.25, 0.3) is 0 Å². The molecule has 1 aliphatic rings. The van der Waals surface area contributed by atoms with E-state index in [0.717, 1.165) is 10.0 Å². The zero-order valence-corrected chi connectivity index (χ0v) is 9.66. The lowest BCUT2D eigenvalue weighted by Crippen LogP contribution is -2.18. The van der Waals surface area contributed by atoms with Crippen molar-refractivity contribution in [2.45, 2.75) is 6.04 Å². The van der Waals surface area contributed by atoms with Crippen LogP contribution in [0, 0.1) is 0 Å². The van der Waals surface area contributed by atoms with Gasteiger partial charge in [-0.05, 0) is 17.7 Å². The third-order valence-electron chi connectivity index (χ3n) is 2.26. The van der Waals surface area contributed by atoms with E-state index in [1.54, 1.807) is 6.07 Å². The van der Waals surface area contributed by atoms with Crippen LogP contribution in [-0.4, -0.2) is 24.9 Å². The lowest BCUT2D eigenvalue weighted by molar-refractivity contribution is 0.171. The van der Waals surface area contributed by atoms with Crippen LogP contribution in [-0.2, 0) is 0 Å². The van der Waals surface area contributed by atoms with Crippen molar-refractivity contribution < 1.29 is 14.6 Å². The Morgan fingerprint density at radius 3 is 2.53 bits per heavy atom. The molecule has 4 nitrogen and oxygen atoms in total. The van der Waals surface area contributed by atoms with E-state index in [0.29, 0.717) is 24.7 Å². The molecular formula is C10H12BrNO3. The minimum atomic E-state index is -0.407. The zero-order valence-electron chi connectivity index (χ0n) is 8.07. The summed E-state index contributed by atoms with van der Waals surface area (Å²) in [5.41, 5.74) is 6.57. The van der Waals surface area contributed by atoms with Crippen molar-refractivity contribution >= 4 is 15.9 Å². The molecule has 15 heavy (non-hydrogen) atoms. The van der Waals surface area contributed by atoms with Gasteiger partial charge in [0.1, 0.15) is 13.2 Å². The minimum absolute atomic E-state index is 0.0990. The second kappa shape index (κ2) is 4.38. The Morgan fingerprint density at radius 2 is 1.93 bits per heavy atom. The molecule has 0 radical (unpaired) electrons. The molecular weight excluding hydrogens is 262 g/mol. The molecule has 1 aliphatic heterocycles. The minimum Gasteiger partial charge on any atom is -0.486 e. The summed E-state index contributed by atoms with van der Waals surface area (Å²) in [6.45, 7) is 1.01. The van der Waals surface area contributed by atoms with Gasteiger partial charge in [0.2, 0.25) is 0 Å². The highest BCUT2D eigenvalue weighted by atomic mass is 79.9. The fourth-order valence-corrected chi connectivity index (χ4v) is 2.08. The molecule has 1 heterocycles. The Labute approximate surface area is 96.1 Å². The number of ether oxygens (including phenoxy) is 2. The van der Waals surface area contributed by atoms with Gasteiger partial charge >= 0.3 is 0 Å². The van der Waals surface area contributed by atoms with Gasteiger partial charge in [-0.2, -0.15) is 0 Å². The number of nitrogens with two attached hydrogens (primary N) is 1. The lowest BCUT2D eigenvalue weighted by Gasteiger charge is -2.21. The van der Waals surface area contributed by atoms with E-state index in [1.807, 2.05) is 6.07 Å². The monoisotopic (exact) mass is 273 g/mol. The van der Waals surface area contributed by atoms with Crippen LogP contribution in [0.5, 0.6) is 11.5 Å². The van der Waals surface area contributed by atoms with E-state index in [9.17, 15) is 0 Å². The van der Waals surface area contributed by atoms with Crippen LogP contribution in [0.3, 0.4) is 0 Å². The summed E-state index contributed by atoms with van der Waals surface area (Å²) in [6, 6.07) is 3.22. The van der Waals surface area contributed by atoms with E-state index >= 15 is 0 Å². The third kappa shape index (κ3) is 2.09. The van der Waals surface area contributed by atoms with Crippen LogP contribution in [0.15, 0.2) is 16.6 Å². The average Bonchev–Trinajstić information content (AvgIpc) is 2.27. The predicted molar refractivity (Wildman–Crippen MR) is 59.1 cm³/mol. The summed E-state index contributed by atoms with van der Waals surface area (Å²) < 4.78 is 11.7. The quantitative estimate of drug-likeness (QED) is 0.850. The standard InChI is InChI=1S/C10H12BrNO3/c11-7-4-10-9(14-1-2-15-10)3-6(7)8(12)5-13/h3-4,8,13H,1-2,5,12H2. The van der Waals surface area contributed by atoms with Crippen molar-refractivity contribution in [2.24, 2.45) is 5.73 Å². The van der Waals surface area contributed by atoms with Crippen molar-refractivity contribution in [1.82, 2.24) is 0 Å². The first-order valence-corrected chi connectivity index (χ1v) is 5.47. The lowest BCUT2D eigenvalue weighted by atomic mass is 10.1. The largest absolute Gasteiger partial charge is 0.486 e. The molecule has 0 aromatic heterocycles. The highest BCUT2D eigenvalue weighted by Crippen LogP contribution is 2.37. The molecule has 1 unspecified atom stereocenters. The number of hydrogen-bond donors (Lipinski definition) is 2. The zero-order chi connectivity index (χ0) is 10.8. The van der Waals surface area contributed by atoms with Gasteiger partial charge in [-0.25, -0.2) is 0 Å². The van der Waals surface area contributed by atoms with Gasteiger partial charge in [0.25, 0.3) is 0 Å². The second-order valence-electron chi connectivity index (χ2n) is 3.31. The normalized spacial score (nSPS) is 16.2. The van der Waals surface area contributed by atoms with Crippen LogP contribution in [0.1, 0.15) is 11.6 Å². The van der Waals surface area contributed by atoms with Crippen molar-refractivity contribution in [3.63, 3.8) is 0 Å². The van der Waals surface area contributed by atoms with Gasteiger partial charge in [-0.1, -0.05) is 15.9 Å². The molecule has 1 aromatic carbocycles. The fraction of sp³-hybridized carbons (Fsp3) is 0.400. The highest BCUT2D eigenvalue weighted by Gasteiger charge is 2.17. The first-order valence-electron chi connectivity index (χ1n) is 4.68. The van der Waals surface area contributed by atoms with Gasteiger partial charge in [0.15, 0.2) is 11.5 Å². The SMILES string of the molecule is NC(CO)c1cc2c(cc1Br)OCCO2. The Morgan fingerprint density at radius 1 is 1.33 bits per heavy atom. The number of aliphatic hydroxyl groups is 1. The molecule has 2 rings (SSSR count). The first kappa shape index (κ1) is 10.7. The summed E-state index contributed by atoms with van der Waals surface area (Å²) in [4.78, 5) is 0. The maximum atomic E-state index is 9.00. The number of benzene rings is 1. The van der Waals surface area contributed by atoms with Gasteiger partial charge in [0, 0.05) is 4.47 Å². The van der Waals surface area contributed by atoms with Crippen LogP contribution in [0.4, 0.5) is 0 Å². The number of rotatable bonds is 2. The van der Waals surface area contributed by atoms with Crippen LogP contribution >= 0.6 is 15.9 Å². The molecule has 0 amide bonds. The van der Waals surface area contributed by atoms with Crippen molar-refractivity contribution in [1.29, 1.82) is 0 Å². The molecule has 1 aromatic rings. The summed E-state index contributed by atoms with van der Waals surface area (Å²) in [5.74, 6) is 1.39. The number of hydrogen-bond acceptors (Lipinski definition) is 4. The van der Waals surface area contributed by atoms with Crippen LogP contribution < -0.4 is 15.2 Å². The molecule has 0 saturated carbocycles. The summed E-state index contributed by atoms with van der Waals surface area (Å²) >= 11 is 3.39. The predicted octanol–water partition coefficient (Wildman–Crippen LogP) is 1.21. The van der Waals surface area contributed by atoms with Gasteiger partial charge in [-0.15, -0.1) is 0 Å². The van der Waals surface area contributed by atoms with Gasteiger partial charge < -0.3 is 20.3 Å². The van der Waals surface area contributed by atoms with Crippen molar-refractivity contribution in [3.05, 3.63) is 22.2 Å². The Bertz CT molecular complexity index is 370. The first-order chi connectivity index (χ1) is 7.22. The van der Waals surface area contributed by atoms with Crippen LogP contribution in [0.2, 0.25) is 0 Å². The Kier molecular flexibility index (Phi) is 3.14. The summed E-state index contributed by atoms with van der Waals surface area (Å²) in [5, 5.41) is 9.00. The second-order valence-corrected chi connectivity index (χ2v) is 4.16. The fourth-order valence-electron chi connectivity index (χ4n) is 1.46. The summed E-state index contributed by atoms with van der Waals surface area (Å²) in [6.07, 6.45) is 0. The summed E-state index contributed by atoms with van der Waals surface area (Å²) in [7, 11) is 0. The maximum Gasteiger partial charge on any atom is 0.162 e. The van der Waals surface area contributed by atoms with Gasteiger partial charge in [-0.3, -0.25) is 0 Å². The molecule has 0 saturated heterocycles. The Balaban J connectivity index is 2.40. The van der Waals surface area contributed by atoms with E-state index < -0.39 is 6.04 Å². The molecule has 5 heteroatoms. The van der Waals surface area contributed by atoms with E-state index in [2.05, 4.69) is 15.9 Å². The Hall–Kier alpha value is -0.780. The van der Waals surface area contributed by atoms with E-state index in [1.165, 1.54) is 0 Å². The number of aliphatic hydroxyl groups excluding tert-OH is 1.